The monoisotopic (exact) mass is 491 g/mol. The number of thioether (sulfide) groups is 1. The fourth-order valence-electron chi connectivity index (χ4n) is 3.62. The molecule has 0 unspecified atom stereocenters. The molecule has 0 bridgehead atoms. The van der Waals surface area contributed by atoms with E-state index < -0.39 is 9.84 Å². The molecular weight excluding hydrogens is 466 g/mol. The third-order valence-electron chi connectivity index (χ3n) is 5.44. The first-order valence-electron chi connectivity index (χ1n) is 10.6. The Balaban J connectivity index is 1.72. The molecular formula is C22H25N3O4S3. The van der Waals surface area contributed by atoms with Crippen LogP contribution >= 0.6 is 24.0 Å². The summed E-state index contributed by atoms with van der Waals surface area (Å²) in [6.45, 7) is 5.91. The second-order valence-electron chi connectivity index (χ2n) is 7.86. The van der Waals surface area contributed by atoms with Gasteiger partial charge in [-0.1, -0.05) is 55.0 Å². The third kappa shape index (κ3) is 4.49. The lowest BCUT2D eigenvalue weighted by Crippen LogP contribution is -2.28. The maximum absolute atomic E-state index is 13.4. The number of thiocarbonyl (C=S) groups is 1. The van der Waals surface area contributed by atoms with Crippen LogP contribution in [0.4, 0.5) is 5.88 Å². The van der Waals surface area contributed by atoms with Gasteiger partial charge in [-0.15, -0.1) is 0 Å². The summed E-state index contributed by atoms with van der Waals surface area (Å²) >= 11 is 6.53. The van der Waals surface area contributed by atoms with Crippen molar-refractivity contribution in [2.24, 2.45) is 0 Å². The van der Waals surface area contributed by atoms with E-state index in [1.807, 2.05) is 11.8 Å². The van der Waals surface area contributed by atoms with E-state index in [2.05, 4.69) is 11.9 Å². The summed E-state index contributed by atoms with van der Waals surface area (Å²) in [6, 6.07) is 6.66. The van der Waals surface area contributed by atoms with Gasteiger partial charge in [-0.3, -0.25) is 9.69 Å². The smallest absolute Gasteiger partial charge is 0.266 e. The minimum Gasteiger partial charge on any atom is -0.420 e. The number of nitrogens with zero attached hydrogens (tertiary/aromatic N) is 3. The van der Waals surface area contributed by atoms with Gasteiger partial charge in [-0.05, 0) is 38.3 Å². The summed E-state index contributed by atoms with van der Waals surface area (Å²) in [4.78, 5) is 21.1. The summed E-state index contributed by atoms with van der Waals surface area (Å²) in [6.07, 6.45) is 5.22. The first-order chi connectivity index (χ1) is 15.3. The summed E-state index contributed by atoms with van der Waals surface area (Å²) in [5, 5.41) is -0.115. The average Bonchev–Trinajstić information content (AvgIpc) is 3.48. The van der Waals surface area contributed by atoms with Gasteiger partial charge in [0.25, 0.3) is 5.91 Å². The van der Waals surface area contributed by atoms with Crippen molar-refractivity contribution in [1.29, 1.82) is 0 Å². The minimum atomic E-state index is -3.89. The lowest BCUT2D eigenvalue weighted by molar-refractivity contribution is -0.122. The molecule has 0 atom stereocenters. The molecule has 1 aromatic heterocycles. The molecule has 1 amide bonds. The number of unbranched alkanes of at least 4 members (excludes halogenated alkanes) is 1. The van der Waals surface area contributed by atoms with Crippen molar-refractivity contribution in [1.82, 2.24) is 9.88 Å². The number of aryl methyl sites for hydroxylation is 1. The highest BCUT2D eigenvalue weighted by Gasteiger charge is 2.34. The molecule has 0 saturated carbocycles. The van der Waals surface area contributed by atoms with Crippen molar-refractivity contribution in [3.05, 3.63) is 40.6 Å². The van der Waals surface area contributed by atoms with E-state index in [0.717, 1.165) is 31.2 Å². The molecule has 4 rings (SSSR count). The number of oxazole rings is 1. The van der Waals surface area contributed by atoms with Crippen LogP contribution in [0.2, 0.25) is 0 Å². The number of hydrogen-bond donors (Lipinski definition) is 0. The molecule has 10 heteroatoms. The van der Waals surface area contributed by atoms with Crippen molar-refractivity contribution in [2.75, 3.05) is 24.5 Å². The highest BCUT2D eigenvalue weighted by Crippen LogP contribution is 2.36. The molecule has 1 aromatic carbocycles. The molecule has 170 valence electrons. The van der Waals surface area contributed by atoms with Crippen LogP contribution in [-0.2, 0) is 14.6 Å². The number of benzene rings is 1. The van der Waals surface area contributed by atoms with Crippen LogP contribution < -0.4 is 4.90 Å². The number of anilines is 1. The molecule has 2 aliphatic heterocycles. The predicted molar refractivity (Wildman–Crippen MR) is 129 cm³/mol. The molecule has 0 aliphatic carbocycles. The van der Waals surface area contributed by atoms with Crippen LogP contribution in [0.3, 0.4) is 0 Å². The normalized spacial score (nSPS) is 18.4. The van der Waals surface area contributed by atoms with Crippen molar-refractivity contribution in [3.63, 3.8) is 0 Å². The highest BCUT2D eigenvalue weighted by molar-refractivity contribution is 8.26. The standard InChI is InChI=1S/C22H25N3O4S3/c1-3-4-13-25-20(26)17(31-22(25)30)14-18-23-19(21(29-18)24-11-5-6-12-24)32(27,28)16-9-7-15(2)8-10-16/h7-10,14H,3-6,11-13H2,1-2H3. The zero-order chi connectivity index (χ0) is 22.9. The van der Waals surface area contributed by atoms with Gasteiger partial charge in [0.05, 0.1) is 9.80 Å². The Kier molecular flexibility index (Phi) is 6.73. The second-order valence-corrected chi connectivity index (χ2v) is 11.4. The molecule has 7 nitrogen and oxygen atoms in total. The number of sulfone groups is 1. The quantitative estimate of drug-likeness (QED) is 0.416. The Morgan fingerprint density at radius 2 is 1.91 bits per heavy atom. The molecule has 0 spiro atoms. The molecule has 3 heterocycles. The Morgan fingerprint density at radius 3 is 2.56 bits per heavy atom. The Bertz CT molecular complexity index is 1160. The lowest BCUT2D eigenvalue weighted by atomic mass is 10.2. The Hall–Kier alpha value is -2.17. The van der Waals surface area contributed by atoms with Crippen LogP contribution in [0.15, 0.2) is 43.5 Å². The van der Waals surface area contributed by atoms with Crippen molar-refractivity contribution in [2.45, 2.75) is 49.5 Å². The maximum atomic E-state index is 13.4. The van der Waals surface area contributed by atoms with Gasteiger partial charge in [0.1, 0.15) is 4.32 Å². The van der Waals surface area contributed by atoms with E-state index in [0.29, 0.717) is 28.9 Å². The number of hydrogen-bond acceptors (Lipinski definition) is 8. The van der Waals surface area contributed by atoms with E-state index in [4.69, 9.17) is 16.6 Å². The molecule has 32 heavy (non-hydrogen) atoms. The van der Waals surface area contributed by atoms with Gasteiger partial charge in [-0.25, -0.2) is 8.42 Å². The van der Waals surface area contributed by atoms with Crippen molar-refractivity contribution >= 4 is 56.0 Å². The number of carbonyl (C=O) groups excluding carboxylic acids is 1. The highest BCUT2D eigenvalue weighted by atomic mass is 32.2. The van der Waals surface area contributed by atoms with E-state index in [1.54, 1.807) is 29.2 Å². The molecule has 2 saturated heterocycles. The first kappa shape index (κ1) is 23.0. The van der Waals surface area contributed by atoms with Crippen LogP contribution in [-0.4, -0.2) is 48.2 Å². The van der Waals surface area contributed by atoms with Gasteiger partial charge < -0.3 is 9.32 Å². The summed E-state index contributed by atoms with van der Waals surface area (Å²) < 4.78 is 33.2. The van der Waals surface area contributed by atoms with Crippen LogP contribution in [0.1, 0.15) is 44.1 Å². The predicted octanol–water partition coefficient (Wildman–Crippen LogP) is 4.42. The van der Waals surface area contributed by atoms with E-state index in [9.17, 15) is 13.2 Å². The second kappa shape index (κ2) is 9.36. The molecule has 2 aliphatic rings. The third-order valence-corrected chi connectivity index (χ3v) is 8.48. The zero-order valence-electron chi connectivity index (χ0n) is 18.0. The number of carbonyl (C=O) groups is 1. The number of amides is 1. The van der Waals surface area contributed by atoms with Gasteiger partial charge >= 0.3 is 0 Å². The summed E-state index contributed by atoms with van der Waals surface area (Å²) in [7, 11) is -3.89. The Morgan fingerprint density at radius 1 is 1.22 bits per heavy atom. The maximum Gasteiger partial charge on any atom is 0.266 e. The zero-order valence-corrected chi connectivity index (χ0v) is 20.5. The van der Waals surface area contributed by atoms with Crippen LogP contribution in [0, 0.1) is 6.92 Å². The Labute approximate surface area is 197 Å². The van der Waals surface area contributed by atoms with Crippen molar-refractivity contribution < 1.29 is 17.6 Å². The van der Waals surface area contributed by atoms with Crippen LogP contribution in [0.5, 0.6) is 0 Å². The summed E-state index contributed by atoms with van der Waals surface area (Å²) in [5.74, 6) is 0.127. The van der Waals surface area contributed by atoms with Crippen LogP contribution in [0.25, 0.3) is 6.08 Å². The van der Waals surface area contributed by atoms with E-state index >= 15 is 0 Å². The lowest BCUT2D eigenvalue weighted by Gasteiger charge is -2.14. The van der Waals surface area contributed by atoms with E-state index in [-0.39, 0.29) is 27.6 Å². The SMILES string of the molecule is CCCCN1C(=O)C(=Cc2nc(S(=O)(=O)c3ccc(C)cc3)c(N3CCCC3)o2)SC1=S. The number of rotatable bonds is 7. The largest absolute Gasteiger partial charge is 0.420 e. The molecule has 0 radical (unpaired) electrons. The van der Waals surface area contributed by atoms with Gasteiger partial charge in [0, 0.05) is 25.7 Å². The fourth-order valence-corrected chi connectivity index (χ4v) is 6.22. The molecule has 2 fully saturated rings. The molecule has 2 aromatic rings. The van der Waals surface area contributed by atoms with Gasteiger partial charge in [0.15, 0.2) is 0 Å². The van der Waals surface area contributed by atoms with Gasteiger partial charge in [0.2, 0.25) is 26.6 Å². The molecule has 0 N–H and O–H groups in total. The fraction of sp³-hybridized carbons (Fsp3) is 0.409. The average molecular weight is 492 g/mol. The van der Waals surface area contributed by atoms with E-state index in [1.165, 1.54) is 17.8 Å². The number of aromatic nitrogens is 1. The first-order valence-corrected chi connectivity index (χ1v) is 13.3. The van der Waals surface area contributed by atoms with Gasteiger partial charge in [-0.2, -0.15) is 4.98 Å². The van der Waals surface area contributed by atoms with Crippen molar-refractivity contribution in [3.8, 4) is 0 Å². The summed E-state index contributed by atoms with van der Waals surface area (Å²) in [5.41, 5.74) is 0.967. The topological polar surface area (TPSA) is 83.7 Å². The minimum absolute atomic E-state index is 0.0913.